The van der Waals surface area contributed by atoms with Crippen LogP contribution in [0.5, 0.6) is 0 Å². The van der Waals surface area contributed by atoms with Gasteiger partial charge >= 0.3 is 6.18 Å². The molecule has 0 aliphatic rings. The molecule has 0 saturated heterocycles. The maximum atomic E-state index is 13.1. The summed E-state index contributed by atoms with van der Waals surface area (Å²) < 4.78 is 39.2. The summed E-state index contributed by atoms with van der Waals surface area (Å²) in [4.78, 5) is 11.6. The predicted octanol–water partition coefficient (Wildman–Crippen LogP) is 3.38. The average Bonchev–Trinajstić information content (AvgIpc) is 2.51. The van der Waals surface area contributed by atoms with Crippen molar-refractivity contribution in [3.63, 3.8) is 0 Å². The summed E-state index contributed by atoms with van der Waals surface area (Å²) in [5, 5.41) is 12.8. The molecule has 130 valence electrons. The molecule has 1 atom stereocenters. The molecule has 1 unspecified atom stereocenters. The van der Waals surface area contributed by atoms with Crippen LogP contribution in [-0.2, 0) is 6.18 Å². The lowest BCUT2D eigenvalue weighted by molar-refractivity contribution is -0.141. The fourth-order valence-electron chi connectivity index (χ4n) is 1.80. The molecule has 0 aliphatic carbocycles. The molecule has 0 saturated carbocycles. The van der Waals surface area contributed by atoms with E-state index in [0.717, 1.165) is 6.07 Å². The first-order valence-corrected chi connectivity index (χ1v) is 7.37. The van der Waals surface area contributed by atoms with Crippen molar-refractivity contribution in [2.24, 2.45) is 5.41 Å². The van der Waals surface area contributed by atoms with Crippen molar-refractivity contribution >= 4 is 5.82 Å². The normalized spacial score (nSPS) is 13.6. The van der Waals surface area contributed by atoms with Crippen molar-refractivity contribution in [1.82, 2.24) is 15.0 Å². The smallest absolute Gasteiger partial charge is 0.391 e. The van der Waals surface area contributed by atoms with Gasteiger partial charge in [-0.2, -0.15) is 13.2 Å². The van der Waals surface area contributed by atoms with E-state index in [1.54, 1.807) is 12.1 Å². The lowest BCUT2D eigenvalue weighted by Gasteiger charge is -2.26. The van der Waals surface area contributed by atoms with E-state index in [1.807, 2.05) is 20.8 Å². The van der Waals surface area contributed by atoms with Crippen LogP contribution in [-0.4, -0.2) is 32.7 Å². The van der Waals surface area contributed by atoms with Crippen molar-refractivity contribution in [3.05, 3.63) is 36.2 Å². The summed E-state index contributed by atoms with van der Waals surface area (Å²) >= 11 is 0. The summed E-state index contributed by atoms with van der Waals surface area (Å²) in [5.41, 5.74) is -1.23. The maximum absolute atomic E-state index is 13.1. The number of hydrogen-bond acceptors (Lipinski definition) is 5. The Morgan fingerprint density at radius 1 is 1.17 bits per heavy atom. The molecule has 0 aromatic carbocycles. The van der Waals surface area contributed by atoms with E-state index in [9.17, 15) is 18.3 Å². The summed E-state index contributed by atoms with van der Waals surface area (Å²) in [6, 6.07) is 5.64. The molecular weight excluding hydrogens is 321 g/mol. The number of rotatable bonds is 4. The van der Waals surface area contributed by atoms with Gasteiger partial charge in [0.25, 0.3) is 0 Å². The molecule has 0 radical (unpaired) electrons. The minimum Gasteiger partial charge on any atom is -0.391 e. The monoisotopic (exact) mass is 340 g/mol. The van der Waals surface area contributed by atoms with Crippen molar-refractivity contribution in [1.29, 1.82) is 0 Å². The van der Waals surface area contributed by atoms with Crippen LogP contribution < -0.4 is 5.32 Å². The van der Waals surface area contributed by atoms with E-state index < -0.39 is 23.4 Å². The Labute approximate surface area is 138 Å². The molecule has 24 heavy (non-hydrogen) atoms. The third-order valence-corrected chi connectivity index (χ3v) is 3.39. The van der Waals surface area contributed by atoms with Gasteiger partial charge < -0.3 is 10.4 Å². The number of nitrogens with one attached hydrogen (secondary N) is 1. The number of anilines is 1. The standard InChI is InChI=1S/C16H19F3N4O/c1-15(2,3)12(24)9-21-13-8-11(16(17,18)19)22-14(23-13)10-6-4-5-7-20-10/h4-8,12,24H,9H2,1-3H3,(H,21,22,23). The lowest BCUT2D eigenvalue weighted by Crippen LogP contribution is -2.33. The minimum atomic E-state index is -4.61. The Bertz CT molecular complexity index is 684. The third kappa shape index (κ3) is 4.64. The van der Waals surface area contributed by atoms with Crippen LogP contribution in [0.25, 0.3) is 11.5 Å². The number of nitrogens with zero attached hydrogens (tertiary/aromatic N) is 3. The number of pyridine rings is 1. The largest absolute Gasteiger partial charge is 0.433 e. The fourth-order valence-corrected chi connectivity index (χ4v) is 1.80. The Morgan fingerprint density at radius 2 is 1.88 bits per heavy atom. The van der Waals surface area contributed by atoms with Gasteiger partial charge in [-0.05, 0) is 17.5 Å². The van der Waals surface area contributed by atoms with Crippen LogP contribution in [0.1, 0.15) is 26.5 Å². The summed E-state index contributed by atoms with van der Waals surface area (Å²) in [6.45, 7) is 5.57. The zero-order valence-corrected chi connectivity index (χ0v) is 13.6. The van der Waals surface area contributed by atoms with Crippen molar-refractivity contribution < 1.29 is 18.3 Å². The average molecular weight is 340 g/mol. The first-order valence-electron chi connectivity index (χ1n) is 7.37. The van der Waals surface area contributed by atoms with E-state index in [2.05, 4.69) is 20.3 Å². The summed E-state index contributed by atoms with van der Waals surface area (Å²) in [5.74, 6) is -0.139. The molecule has 0 amide bonds. The molecule has 0 bridgehead atoms. The molecular formula is C16H19F3N4O. The van der Waals surface area contributed by atoms with Crippen molar-refractivity contribution in [2.75, 3.05) is 11.9 Å². The topological polar surface area (TPSA) is 70.9 Å². The molecule has 2 aromatic heterocycles. The summed E-state index contributed by atoms with van der Waals surface area (Å²) in [7, 11) is 0. The second kappa shape index (κ2) is 6.72. The van der Waals surface area contributed by atoms with Crippen LogP contribution in [0.3, 0.4) is 0 Å². The summed E-state index contributed by atoms with van der Waals surface area (Å²) in [6.07, 6.45) is -3.90. The maximum Gasteiger partial charge on any atom is 0.433 e. The van der Waals surface area contributed by atoms with Crippen molar-refractivity contribution in [2.45, 2.75) is 33.1 Å². The molecule has 0 spiro atoms. The van der Waals surface area contributed by atoms with Crippen LogP contribution in [0.2, 0.25) is 0 Å². The van der Waals surface area contributed by atoms with Crippen LogP contribution in [0.15, 0.2) is 30.5 Å². The molecule has 2 aromatic rings. The SMILES string of the molecule is CC(C)(C)C(O)CNc1cc(C(F)(F)F)nc(-c2ccccn2)n1. The van der Waals surface area contributed by atoms with Gasteiger partial charge in [0.2, 0.25) is 0 Å². The minimum absolute atomic E-state index is 0.0127. The van der Waals surface area contributed by atoms with Gasteiger partial charge in [0.05, 0.1) is 6.10 Å². The van der Waals surface area contributed by atoms with Crippen molar-refractivity contribution in [3.8, 4) is 11.5 Å². The molecule has 8 heteroatoms. The number of aliphatic hydroxyl groups is 1. The highest BCUT2D eigenvalue weighted by molar-refractivity contribution is 5.53. The Balaban J connectivity index is 2.34. The van der Waals surface area contributed by atoms with Gasteiger partial charge in [-0.3, -0.25) is 4.98 Å². The second-order valence-corrected chi connectivity index (χ2v) is 6.44. The number of hydrogen-bond donors (Lipinski definition) is 2. The highest BCUT2D eigenvalue weighted by Gasteiger charge is 2.34. The zero-order valence-electron chi connectivity index (χ0n) is 13.6. The van der Waals surface area contributed by atoms with Gasteiger partial charge in [0.1, 0.15) is 11.5 Å². The second-order valence-electron chi connectivity index (χ2n) is 6.44. The number of aliphatic hydroxyl groups excluding tert-OH is 1. The van der Waals surface area contributed by atoms with E-state index >= 15 is 0 Å². The van der Waals surface area contributed by atoms with Gasteiger partial charge in [0, 0.05) is 18.8 Å². The Kier molecular flexibility index (Phi) is 5.08. The highest BCUT2D eigenvalue weighted by atomic mass is 19.4. The first kappa shape index (κ1) is 18.1. The number of aromatic nitrogens is 3. The number of halogens is 3. The van der Waals surface area contributed by atoms with Crippen LogP contribution in [0.4, 0.5) is 19.0 Å². The Morgan fingerprint density at radius 3 is 2.42 bits per heavy atom. The predicted molar refractivity (Wildman–Crippen MR) is 84.2 cm³/mol. The van der Waals surface area contributed by atoms with Gasteiger partial charge in [-0.25, -0.2) is 9.97 Å². The van der Waals surface area contributed by atoms with Crippen LogP contribution in [0, 0.1) is 5.41 Å². The third-order valence-electron chi connectivity index (χ3n) is 3.39. The van der Waals surface area contributed by atoms with Gasteiger partial charge in [-0.1, -0.05) is 26.8 Å². The number of alkyl halides is 3. The van der Waals surface area contributed by atoms with E-state index in [4.69, 9.17) is 0 Å². The van der Waals surface area contributed by atoms with Crippen LogP contribution >= 0.6 is 0 Å². The van der Waals surface area contributed by atoms with E-state index in [0.29, 0.717) is 0 Å². The highest BCUT2D eigenvalue weighted by Crippen LogP contribution is 2.30. The molecule has 2 N–H and O–H groups in total. The quantitative estimate of drug-likeness (QED) is 0.893. The molecule has 2 heterocycles. The van der Waals surface area contributed by atoms with E-state index in [-0.39, 0.29) is 23.9 Å². The molecule has 5 nitrogen and oxygen atoms in total. The molecule has 2 rings (SSSR count). The van der Waals surface area contributed by atoms with Gasteiger partial charge in [0.15, 0.2) is 11.5 Å². The first-order chi connectivity index (χ1) is 11.1. The van der Waals surface area contributed by atoms with E-state index in [1.165, 1.54) is 12.3 Å². The molecule has 0 fully saturated rings. The molecule has 0 aliphatic heterocycles. The Hall–Kier alpha value is -2.22. The lowest BCUT2D eigenvalue weighted by atomic mass is 9.89. The van der Waals surface area contributed by atoms with Gasteiger partial charge in [-0.15, -0.1) is 0 Å². The fraction of sp³-hybridized carbons (Fsp3) is 0.438. The zero-order chi connectivity index (χ0) is 18.0.